The average molecular weight is 361 g/mol. The van der Waals surface area contributed by atoms with E-state index in [1.165, 1.54) is 0 Å². The van der Waals surface area contributed by atoms with E-state index >= 15 is 0 Å². The molecular formula is C15H22Cl2N4O2. The van der Waals surface area contributed by atoms with Crippen molar-refractivity contribution in [1.29, 1.82) is 0 Å². The molecule has 1 N–H and O–H groups in total. The Labute approximate surface area is 146 Å². The van der Waals surface area contributed by atoms with Gasteiger partial charge < -0.3 is 10.1 Å². The summed E-state index contributed by atoms with van der Waals surface area (Å²) in [5.74, 6) is 0.398. The summed E-state index contributed by atoms with van der Waals surface area (Å²) >= 11 is 11.8. The van der Waals surface area contributed by atoms with Gasteiger partial charge in [0.1, 0.15) is 10.8 Å². The van der Waals surface area contributed by atoms with E-state index in [-0.39, 0.29) is 11.4 Å². The zero-order valence-corrected chi connectivity index (χ0v) is 15.1. The molecule has 1 amide bonds. The monoisotopic (exact) mass is 360 g/mol. The third-order valence-corrected chi connectivity index (χ3v) is 3.99. The summed E-state index contributed by atoms with van der Waals surface area (Å²) in [5.41, 5.74) is 0.383. The zero-order valence-electron chi connectivity index (χ0n) is 13.6. The predicted molar refractivity (Wildman–Crippen MR) is 89.7 cm³/mol. The quantitative estimate of drug-likeness (QED) is 0.659. The highest BCUT2D eigenvalue weighted by molar-refractivity contribution is 6.32. The molecule has 8 heteroatoms. The van der Waals surface area contributed by atoms with Gasteiger partial charge in [0.15, 0.2) is 0 Å². The third kappa shape index (κ3) is 6.12. The Morgan fingerprint density at radius 1 is 1.48 bits per heavy atom. The topological polar surface area (TPSA) is 67.3 Å². The first-order valence-corrected chi connectivity index (χ1v) is 8.34. The Balaban J connectivity index is 1.77. The maximum Gasteiger partial charge on any atom is 0.407 e. The van der Waals surface area contributed by atoms with Crippen LogP contribution in [-0.2, 0) is 11.3 Å². The molecule has 1 aliphatic heterocycles. The van der Waals surface area contributed by atoms with Gasteiger partial charge in [0.25, 0.3) is 0 Å². The molecule has 2 rings (SSSR count). The number of carbonyl (C=O) groups is 1. The number of hydrogen-bond acceptors (Lipinski definition) is 5. The van der Waals surface area contributed by atoms with Crippen LogP contribution in [0, 0.1) is 5.92 Å². The molecule has 0 spiro atoms. The zero-order chi connectivity index (χ0) is 17.0. The molecule has 1 aromatic rings. The fraction of sp³-hybridized carbons (Fsp3) is 0.667. The first kappa shape index (κ1) is 18.2. The van der Waals surface area contributed by atoms with Crippen LogP contribution in [0.4, 0.5) is 4.79 Å². The van der Waals surface area contributed by atoms with Crippen LogP contribution in [0.5, 0.6) is 0 Å². The van der Waals surface area contributed by atoms with Crippen LogP contribution in [0.2, 0.25) is 10.4 Å². The first-order chi connectivity index (χ1) is 10.7. The van der Waals surface area contributed by atoms with Gasteiger partial charge in [-0.25, -0.2) is 14.8 Å². The highest BCUT2D eigenvalue weighted by Gasteiger charge is 2.24. The van der Waals surface area contributed by atoms with Gasteiger partial charge in [-0.05, 0) is 51.3 Å². The molecule has 0 saturated carbocycles. The minimum Gasteiger partial charge on any atom is -0.444 e. The minimum absolute atomic E-state index is 0.152. The fourth-order valence-corrected chi connectivity index (χ4v) is 2.84. The molecule has 0 unspecified atom stereocenters. The number of alkyl carbamates (subject to hydrolysis) is 1. The Bertz CT molecular complexity index is 563. The normalized spacial score (nSPS) is 18.9. The number of carbonyl (C=O) groups excluding carboxylic acids is 1. The van der Waals surface area contributed by atoms with Crippen molar-refractivity contribution in [1.82, 2.24) is 20.2 Å². The van der Waals surface area contributed by atoms with Gasteiger partial charge in [-0.2, -0.15) is 0 Å². The molecule has 1 fully saturated rings. The van der Waals surface area contributed by atoms with Crippen LogP contribution in [0.3, 0.4) is 0 Å². The number of halogens is 2. The predicted octanol–water partition coefficient (Wildman–Crippen LogP) is 3.13. The van der Waals surface area contributed by atoms with Gasteiger partial charge in [-0.15, -0.1) is 0 Å². The van der Waals surface area contributed by atoms with Crippen molar-refractivity contribution in [3.05, 3.63) is 22.2 Å². The third-order valence-electron chi connectivity index (χ3n) is 3.48. The van der Waals surface area contributed by atoms with E-state index in [9.17, 15) is 4.79 Å². The lowest BCUT2D eigenvalue weighted by Crippen LogP contribution is -2.36. The number of likely N-dealkylation sites (tertiary alicyclic amines) is 1. The molecule has 128 valence electrons. The molecule has 0 bridgehead atoms. The first-order valence-electron chi connectivity index (χ1n) is 7.59. The molecule has 1 aliphatic rings. The molecule has 0 aliphatic carbocycles. The highest BCUT2D eigenvalue weighted by Crippen LogP contribution is 2.21. The van der Waals surface area contributed by atoms with Gasteiger partial charge in [0.05, 0.1) is 0 Å². The molecule has 6 nitrogen and oxygen atoms in total. The molecule has 23 heavy (non-hydrogen) atoms. The average Bonchev–Trinajstić information content (AvgIpc) is 2.85. The molecular weight excluding hydrogens is 339 g/mol. The van der Waals surface area contributed by atoms with Crippen molar-refractivity contribution in [2.75, 3.05) is 19.6 Å². The molecule has 1 saturated heterocycles. The Kier molecular flexibility index (Phi) is 6.06. The number of ether oxygens (including phenoxy) is 1. The van der Waals surface area contributed by atoms with Crippen molar-refractivity contribution in [2.45, 2.75) is 39.3 Å². The summed E-state index contributed by atoms with van der Waals surface area (Å²) in [4.78, 5) is 21.8. The standard InChI is InChI=1S/C15H22Cl2N4O2/c1-15(2,3)23-14(22)19-6-10-4-5-21(8-10)9-11-7-18-13(17)20-12(11)16/h7,10H,4-6,8-9H2,1-3H3,(H,19,22)/t10-/m0/s1. The van der Waals surface area contributed by atoms with Crippen molar-refractivity contribution in [2.24, 2.45) is 5.92 Å². The summed E-state index contributed by atoms with van der Waals surface area (Å²) in [6, 6.07) is 0. The lowest BCUT2D eigenvalue weighted by atomic mass is 10.1. The Morgan fingerprint density at radius 3 is 2.87 bits per heavy atom. The van der Waals surface area contributed by atoms with Crippen LogP contribution >= 0.6 is 23.2 Å². The van der Waals surface area contributed by atoms with E-state index in [2.05, 4.69) is 20.2 Å². The van der Waals surface area contributed by atoms with Crippen molar-refractivity contribution < 1.29 is 9.53 Å². The van der Waals surface area contributed by atoms with Gasteiger partial charge in [-0.3, -0.25) is 4.90 Å². The second-order valence-corrected chi connectivity index (χ2v) is 7.42. The minimum atomic E-state index is -0.475. The molecule has 1 atom stereocenters. The Morgan fingerprint density at radius 2 is 2.22 bits per heavy atom. The summed E-state index contributed by atoms with van der Waals surface area (Å²) < 4.78 is 5.24. The van der Waals surface area contributed by atoms with Crippen molar-refractivity contribution in [3.8, 4) is 0 Å². The van der Waals surface area contributed by atoms with Gasteiger partial charge in [0, 0.05) is 31.4 Å². The largest absolute Gasteiger partial charge is 0.444 e. The number of hydrogen-bond donors (Lipinski definition) is 1. The van der Waals surface area contributed by atoms with Crippen LogP contribution in [0.1, 0.15) is 32.8 Å². The van der Waals surface area contributed by atoms with Crippen LogP contribution < -0.4 is 5.32 Å². The second-order valence-electron chi connectivity index (χ2n) is 6.73. The van der Waals surface area contributed by atoms with E-state index in [0.29, 0.717) is 24.2 Å². The Hall–Kier alpha value is -1.11. The van der Waals surface area contributed by atoms with Crippen LogP contribution in [0.25, 0.3) is 0 Å². The lowest BCUT2D eigenvalue weighted by Gasteiger charge is -2.21. The summed E-state index contributed by atoms with van der Waals surface area (Å²) in [7, 11) is 0. The van der Waals surface area contributed by atoms with Gasteiger partial charge in [-0.1, -0.05) is 11.6 Å². The van der Waals surface area contributed by atoms with E-state index in [4.69, 9.17) is 27.9 Å². The van der Waals surface area contributed by atoms with Crippen molar-refractivity contribution >= 4 is 29.3 Å². The van der Waals surface area contributed by atoms with E-state index < -0.39 is 5.60 Å². The van der Waals surface area contributed by atoms with Gasteiger partial charge in [0.2, 0.25) is 5.28 Å². The van der Waals surface area contributed by atoms with E-state index in [1.54, 1.807) is 6.20 Å². The second kappa shape index (κ2) is 7.64. The van der Waals surface area contributed by atoms with E-state index in [0.717, 1.165) is 25.1 Å². The summed E-state index contributed by atoms with van der Waals surface area (Å²) in [6.45, 7) is 8.66. The summed E-state index contributed by atoms with van der Waals surface area (Å²) in [5, 5.41) is 3.37. The van der Waals surface area contributed by atoms with Crippen LogP contribution in [0.15, 0.2) is 6.20 Å². The number of rotatable bonds is 4. The number of nitrogens with one attached hydrogen (secondary N) is 1. The highest BCUT2D eigenvalue weighted by atomic mass is 35.5. The van der Waals surface area contributed by atoms with E-state index in [1.807, 2.05) is 20.8 Å². The maximum atomic E-state index is 11.7. The molecule has 0 aromatic carbocycles. The number of amides is 1. The van der Waals surface area contributed by atoms with Crippen molar-refractivity contribution in [3.63, 3.8) is 0 Å². The fourth-order valence-electron chi connectivity index (χ4n) is 2.48. The number of aromatic nitrogens is 2. The smallest absolute Gasteiger partial charge is 0.407 e. The maximum absolute atomic E-state index is 11.7. The summed E-state index contributed by atoms with van der Waals surface area (Å²) in [6.07, 6.45) is 2.30. The molecule has 1 aromatic heterocycles. The SMILES string of the molecule is CC(C)(C)OC(=O)NC[C@@H]1CCN(Cc2cnc(Cl)nc2Cl)C1. The molecule has 0 radical (unpaired) electrons. The lowest BCUT2D eigenvalue weighted by molar-refractivity contribution is 0.0519. The van der Waals surface area contributed by atoms with Crippen LogP contribution in [-0.4, -0.2) is 46.2 Å². The number of nitrogens with zero attached hydrogens (tertiary/aromatic N) is 3. The molecule has 2 heterocycles. The van der Waals surface area contributed by atoms with Gasteiger partial charge >= 0.3 is 6.09 Å².